The Bertz CT molecular complexity index is 769. The molecular weight excluding hydrogens is 360 g/mol. The van der Waals surface area contributed by atoms with Crippen molar-refractivity contribution >= 4 is 35.0 Å². The summed E-state index contributed by atoms with van der Waals surface area (Å²) in [5, 5.41) is 14.4. The molecule has 0 aliphatic carbocycles. The van der Waals surface area contributed by atoms with Gasteiger partial charge in [-0.3, -0.25) is 14.9 Å². The zero-order valence-corrected chi connectivity index (χ0v) is 15.5. The number of carbonyl (C=O) groups excluding carboxylic acids is 1. The van der Waals surface area contributed by atoms with Gasteiger partial charge < -0.3 is 5.32 Å². The van der Waals surface area contributed by atoms with Crippen molar-refractivity contribution in [3.63, 3.8) is 0 Å². The Kier molecular flexibility index (Phi) is 6.84. The Labute approximate surface area is 155 Å². The van der Waals surface area contributed by atoms with E-state index in [4.69, 9.17) is 11.6 Å². The molecule has 0 heterocycles. The van der Waals surface area contributed by atoms with Crippen LogP contribution in [0.4, 0.5) is 5.69 Å². The van der Waals surface area contributed by atoms with Crippen LogP contribution in [0.25, 0.3) is 0 Å². The summed E-state index contributed by atoms with van der Waals surface area (Å²) in [5.41, 5.74) is 1.83. The molecule has 1 N–H and O–H groups in total. The molecule has 0 aromatic heterocycles. The number of hydrogen-bond acceptors (Lipinski definition) is 4. The van der Waals surface area contributed by atoms with Gasteiger partial charge in [-0.2, -0.15) is 0 Å². The maximum atomic E-state index is 12.1. The summed E-state index contributed by atoms with van der Waals surface area (Å²) in [7, 11) is 0. The van der Waals surface area contributed by atoms with Crippen molar-refractivity contribution in [2.24, 2.45) is 0 Å². The highest BCUT2D eigenvalue weighted by atomic mass is 35.5. The molecule has 0 bridgehead atoms. The van der Waals surface area contributed by atoms with Crippen molar-refractivity contribution < 1.29 is 9.72 Å². The second-order valence-electron chi connectivity index (χ2n) is 5.65. The van der Waals surface area contributed by atoms with E-state index in [0.29, 0.717) is 5.02 Å². The molecule has 7 heteroatoms. The second-order valence-corrected chi connectivity index (χ2v) is 7.42. The second kappa shape index (κ2) is 8.87. The summed E-state index contributed by atoms with van der Waals surface area (Å²) < 4.78 is 0. The van der Waals surface area contributed by atoms with Crippen LogP contribution in [0.5, 0.6) is 0 Å². The standard InChI is InChI=1S/C18H19ClN2O3S/c1-12(14-5-3-7-16(19)9-14)20-18(22)11-25-13(2)15-6-4-8-17(10-15)21(23)24/h3-10,12-13H,11H2,1-2H3,(H,20,22)/t12-,13-/m0/s1. The first-order valence-corrected chi connectivity index (χ1v) is 9.20. The molecule has 0 radical (unpaired) electrons. The zero-order valence-electron chi connectivity index (χ0n) is 13.9. The van der Waals surface area contributed by atoms with Gasteiger partial charge in [0.25, 0.3) is 5.69 Å². The van der Waals surface area contributed by atoms with Crippen molar-refractivity contribution in [3.8, 4) is 0 Å². The van der Waals surface area contributed by atoms with Gasteiger partial charge in [0.1, 0.15) is 0 Å². The number of nitrogens with one attached hydrogen (secondary N) is 1. The minimum absolute atomic E-state index is 0.0212. The van der Waals surface area contributed by atoms with Gasteiger partial charge in [-0.05, 0) is 37.1 Å². The Hall–Kier alpha value is -2.05. The number of benzene rings is 2. The summed E-state index contributed by atoms with van der Waals surface area (Å²) in [5.74, 6) is 0.184. The molecule has 1 amide bonds. The maximum Gasteiger partial charge on any atom is 0.269 e. The Morgan fingerprint density at radius 3 is 2.56 bits per heavy atom. The highest BCUT2D eigenvalue weighted by molar-refractivity contribution is 8.00. The van der Waals surface area contributed by atoms with E-state index in [1.165, 1.54) is 17.8 Å². The smallest absolute Gasteiger partial charge is 0.269 e. The largest absolute Gasteiger partial charge is 0.349 e. The monoisotopic (exact) mass is 378 g/mol. The van der Waals surface area contributed by atoms with E-state index in [1.807, 2.05) is 38.1 Å². The van der Waals surface area contributed by atoms with E-state index in [2.05, 4.69) is 5.32 Å². The predicted molar refractivity (Wildman–Crippen MR) is 102 cm³/mol. The van der Waals surface area contributed by atoms with Crippen molar-refractivity contribution in [3.05, 3.63) is 74.8 Å². The number of hydrogen-bond donors (Lipinski definition) is 1. The molecule has 5 nitrogen and oxygen atoms in total. The fourth-order valence-corrected chi connectivity index (χ4v) is 3.35. The van der Waals surface area contributed by atoms with Crippen LogP contribution in [-0.2, 0) is 4.79 Å². The van der Waals surface area contributed by atoms with Crippen molar-refractivity contribution in [1.29, 1.82) is 0 Å². The number of thioether (sulfide) groups is 1. The quantitative estimate of drug-likeness (QED) is 0.548. The molecule has 0 aliphatic heterocycles. The topological polar surface area (TPSA) is 72.2 Å². The fourth-order valence-electron chi connectivity index (χ4n) is 2.33. The van der Waals surface area contributed by atoms with E-state index < -0.39 is 4.92 Å². The highest BCUT2D eigenvalue weighted by Crippen LogP contribution is 2.30. The van der Waals surface area contributed by atoms with E-state index in [-0.39, 0.29) is 28.6 Å². The SMILES string of the molecule is C[C@H](NC(=O)CS[C@@H](C)c1cccc([N+](=O)[O-])c1)c1cccc(Cl)c1. The van der Waals surface area contributed by atoms with Crippen LogP contribution < -0.4 is 5.32 Å². The Balaban J connectivity index is 1.89. The number of amides is 1. The minimum Gasteiger partial charge on any atom is -0.349 e. The lowest BCUT2D eigenvalue weighted by Crippen LogP contribution is -2.28. The van der Waals surface area contributed by atoms with Gasteiger partial charge in [-0.15, -0.1) is 11.8 Å². The average Bonchev–Trinajstić information content (AvgIpc) is 2.59. The van der Waals surface area contributed by atoms with Gasteiger partial charge in [0.15, 0.2) is 0 Å². The average molecular weight is 379 g/mol. The summed E-state index contributed by atoms with van der Waals surface area (Å²) >= 11 is 7.40. The van der Waals surface area contributed by atoms with E-state index >= 15 is 0 Å². The van der Waals surface area contributed by atoms with Crippen molar-refractivity contribution in [2.75, 3.05) is 5.75 Å². The minimum atomic E-state index is -0.416. The molecule has 2 aromatic carbocycles. The van der Waals surface area contributed by atoms with Crippen LogP contribution in [0.3, 0.4) is 0 Å². The molecule has 25 heavy (non-hydrogen) atoms. The van der Waals surface area contributed by atoms with Gasteiger partial charge in [-0.25, -0.2) is 0 Å². The lowest BCUT2D eigenvalue weighted by Gasteiger charge is -2.16. The van der Waals surface area contributed by atoms with E-state index in [9.17, 15) is 14.9 Å². The van der Waals surface area contributed by atoms with Crippen LogP contribution >= 0.6 is 23.4 Å². The van der Waals surface area contributed by atoms with Gasteiger partial charge in [-0.1, -0.05) is 35.9 Å². The first-order valence-electron chi connectivity index (χ1n) is 7.77. The molecule has 0 saturated heterocycles. The molecule has 2 aromatic rings. The maximum absolute atomic E-state index is 12.1. The van der Waals surface area contributed by atoms with Crippen molar-refractivity contribution in [1.82, 2.24) is 5.32 Å². The predicted octanol–water partition coefficient (Wildman–Crippen LogP) is 4.92. The molecule has 0 saturated carbocycles. The summed E-state index contributed by atoms with van der Waals surface area (Å²) in [4.78, 5) is 22.6. The van der Waals surface area contributed by atoms with Crippen LogP contribution in [0.1, 0.15) is 36.3 Å². The zero-order chi connectivity index (χ0) is 18.4. The third-order valence-corrected chi connectivity index (χ3v) is 5.18. The number of nitro groups is 1. The number of carbonyl (C=O) groups is 1. The summed E-state index contributed by atoms with van der Waals surface area (Å²) in [6.45, 7) is 3.83. The molecule has 132 valence electrons. The van der Waals surface area contributed by atoms with Gasteiger partial charge in [0.2, 0.25) is 5.91 Å². The lowest BCUT2D eigenvalue weighted by atomic mass is 10.1. The number of rotatable bonds is 7. The van der Waals surface area contributed by atoms with Gasteiger partial charge >= 0.3 is 0 Å². The normalized spacial score (nSPS) is 13.1. The molecular formula is C18H19ClN2O3S. The van der Waals surface area contributed by atoms with Crippen LogP contribution in [0.15, 0.2) is 48.5 Å². The third-order valence-electron chi connectivity index (χ3n) is 3.74. The first kappa shape index (κ1) is 19.3. The lowest BCUT2D eigenvalue weighted by molar-refractivity contribution is -0.384. The molecule has 0 aliphatic rings. The molecule has 2 rings (SSSR count). The first-order chi connectivity index (χ1) is 11.9. The number of nitrogens with zero attached hydrogens (tertiary/aromatic N) is 1. The number of halogens is 1. The van der Waals surface area contributed by atoms with Crippen LogP contribution in [0, 0.1) is 10.1 Å². The molecule has 2 atom stereocenters. The highest BCUT2D eigenvalue weighted by Gasteiger charge is 2.15. The summed E-state index contributed by atoms with van der Waals surface area (Å²) in [6.07, 6.45) is 0. The van der Waals surface area contributed by atoms with E-state index in [0.717, 1.165) is 11.1 Å². The number of non-ortho nitro benzene ring substituents is 1. The number of nitro benzene ring substituents is 1. The third kappa shape index (κ3) is 5.76. The molecule has 0 unspecified atom stereocenters. The fraction of sp³-hybridized carbons (Fsp3) is 0.278. The van der Waals surface area contributed by atoms with Gasteiger partial charge in [0.05, 0.1) is 16.7 Å². The Morgan fingerprint density at radius 2 is 1.88 bits per heavy atom. The molecule has 0 fully saturated rings. The van der Waals surface area contributed by atoms with Crippen LogP contribution in [0.2, 0.25) is 5.02 Å². The summed E-state index contributed by atoms with van der Waals surface area (Å²) in [6, 6.07) is 13.7. The van der Waals surface area contributed by atoms with Gasteiger partial charge in [0, 0.05) is 22.4 Å². The molecule has 0 spiro atoms. The van der Waals surface area contributed by atoms with Crippen LogP contribution in [-0.4, -0.2) is 16.6 Å². The van der Waals surface area contributed by atoms with Crippen molar-refractivity contribution in [2.45, 2.75) is 25.1 Å². The van der Waals surface area contributed by atoms with E-state index in [1.54, 1.807) is 18.2 Å². The Morgan fingerprint density at radius 1 is 1.20 bits per heavy atom.